The monoisotopic (exact) mass is 198 g/mol. The SMILES string of the molecule is CCN(CC)C(C(C)N)C(F)(F)F. The van der Waals surface area contributed by atoms with Gasteiger partial charge in [0.15, 0.2) is 0 Å². The maximum Gasteiger partial charge on any atom is 0.405 e. The number of rotatable bonds is 4. The van der Waals surface area contributed by atoms with Crippen LogP contribution in [0.5, 0.6) is 0 Å². The van der Waals surface area contributed by atoms with Crippen LogP contribution in [0.3, 0.4) is 0 Å². The average molecular weight is 198 g/mol. The fourth-order valence-corrected chi connectivity index (χ4v) is 1.45. The van der Waals surface area contributed by atoms with E-state index in [4.69, 9.17) is 5.73 Å². The molecule has 80 valence electrons. The van der Waals surface area contributed by atoms with Gasteiger partial charge in [-0.05, 0) is 20.0 Å². The molecule has 0 aliphatic heterocycles. The highest BCUT2D eigenvalue weighted by Gasteiger charge is 2.44. The Labute approximate surface area is 76.9 Å². The van der Waals surface area contributed by atoms with Crippen LogP contribution in [-0.2, 0) is 0 Å². The van der Waals surface area contributed by atoms with Crippen molar-refractivity contribution in [3.63, 3.8) is 0 Å². The molecule has 0 fully saturated rings. The Morgan fingerprint density at radius 3 is 1.69 bits per heavy atom. The van der Waals surface area contributed by atoms with Gasteiger partial charge < -0.3 is 5.73 Å². The normalized spacial score (nSPS) is 17.5. The Morgan fingerprint density at radius 1 is 1.23 bits per heavy atom. The van der Waals surface area contributed by atoms with E-state index in [1.54, 1.807) is 13.8 Å². The molecule has 0 saturated carbocycles. The van der Waals surface area contributed by atoms with E-state index >= 15 is 0 Å². The van der Waals surface area contributed by atoms with E-state index in [-0.39, 0.29) is 0 Å². The molecule has 0 spiro atoms. The first kappa shape index (κ1) is 12.7. The van der Waals surface area contributed by atoms with Crippen LogP contribution in [0.25, 0.3) is 0 Å². The maximum atomic E-state index is 12.5. The van der Waals surface area contributed by atoms with E-state index < -0.39 is 18.3 Å². The molecule has 2 unspecified atom stereocenters. The molecule has 0 rings (SSSR count). The number of nitrogens with two attached hydrogens (primary N) is 1. The number of halogens is 3. The molecule has 0 aromatic heterocycles. The molecular formula is C8H17F3N2. The van der Waals surface area contributed by atoms with Gasteiger partial charge in [0.05, 0.1) is 0 Å². The van der Waals surface area contributed by atoms with Crippen LogP contribution >= 0.6 is 0 Å². The minimum Gasteiger partial charge on any atom is -0.326 e. The van der Waals surface area contributed by atoms with Gasteiger partial charge in [-0.2, -0.15) is 13.2 Å². The molecule has 13 heavy (non-hydrogen) atoms. The quantitative estimate of drug-likeness (QED) is 0.743. The lowest BCUT2D eigenvalue weighted by Crippen LogP contribution is -2.54. The van der Waals surface area contributed by atoms with E-state index in [2.05, 4.69) is 0 Å². The van der Waals surface area contributed by atoms with Crippen LogP contribution < -0.4 is 5.73 Å². The second kappa shape index (κ2) is 4.81. The maximum absolute atomic E-state index is 12.5. The third kappa shape index (κ3) is 3.52. The van der Waals surface area contributed by atoms with Crippen LogP contribution in [0.4, 0.5) is 13.2 Å². The minimum absolute atomic E-state index is 0.363. The Bertz CT molecular complexity index is 141. The van der Waals surface area contributed by atoms with Crippen molar-refractivity contribution in [1.82, 2.24) is 4.90 Å². The highest BCUT2D eigenvalue weighted by molar-refractivity contribution is 4.84. The first-order valence-corrected chi connectivity index (χ1v) is 4.40. The van der Waals surface area contributed by atoms with Gasteiger partial charge in [-0.25, -0.2) is 0 Å². The molecule has 2 nitrogen and oxygen atoms in total. The minimum atomic E-state index is -4.24. The Morgan fingerprint density at radius 2 is 1.62 bits per heavy atom. The third-order valence-corrected chi connectivity index (χ3v) is 2.04. The first-order valence-electron chi connectivity index (χ1n) is 4.40. The molecule has 0 heterocycles. The van der Waals surface area contributed by atoms with Crippen LogP contribution in [0.2, 0.25) is 0 Å². The summed E-state index contributed by atoms with van der Waals surface area (Å²) in [7, 11) is 0. The van der Waals surface area contributed by atoms with Crippen LogP contribution in [0, 0.1) is 0 Å². The molecule has 0 aliphatic carbocycles. The second-order valence-corrected chi connectivity index (χ2v) is 3.07. The molecular weight excluding hydrogens is 181 g/mol. The second-order valence-electron chi connectivity index (χ2n) is 3.07. The summed E-state index contributed by atoms with van der Waals surface area (Å²) in [5.74, 6) is 0. The standard InChI is InChI=1S/C8H17F3N2/c1-4-13(5-2)7(6(3)12)8(9,10)11/h6-7H,4-5,12H2,1-3H3. The lowest BCUT2D eigenvalue weighted by atomic mass is 10.1. The largest absolute Gasteiger partial charge is 0.405 e. The predicted octanol–water partition coefficient (Wildman–Crippen LogP) is 1.61. The van der Waals surface area contributed by atoms with Crippen molar-refractivity contribution in [2.75, 3.05) is 13.1 Å². The number of hydrogen-bond donors (Lipinski definition) is 1. The van der Waals surface area contributed by atoms with E-state index in [1.807, 2.05) is 0 Å². The molecule has 2 N–H and O–H groups in total. The smallest absolute Gasteiger partial charge is 0.326 e. The Hall–Kier alpha value is -0.290. The van der Waals surface area contributed by atoms with Crippen LogP contribution in [0.15, 0.2) is 0 Å². The molecule has 0 aromatic carbocycles. The summed E-state index contributed by atoms with van der Waals surface area (Å²) in [6, 6.07) is -2.41. The van der Waals surface area contributed by atoms with Gasteiger partial charge in [0, 0.05) is 6.04 Å². The summed E-state index contributed by atoms with van der Waals surface area (Å²) < 4.78 is 37.4. The molecule has 2 atom stereocenters. The van der Waals surface area contributed by atoms with Crippen molar-refractivity contribution < 1.29 is 13.2 Å². The summed E-state index contributed by atoms with van der Waals surface area (Å²) in [5.41, 5.74) is 5.31. The van der Waals surface area contributed by atoms with Gasteiger partial charge in [0.1, 0.15) is 6.04 Å². The summed E-state index contributed by atoms with van der Waals surface area (Å²) in [6.07, 6.45) is -4.24. The van der Waals surface area contributed by atoms with E-state index in [9.17, 15) is 13.2 Å². The van der Waals surface area contributed by atoms with Gasteiger partial charge in [-0.15, -0.1) is 0 Å². The summed E-state index contributed by atoms with van der Waals surface area (Å²) in [5, 5.41) is 0. The van der Waals surface area contributed by atoms with Gasteiger partial charge in [0.2, 0.25) is 0 Å². The third-order valence-electron chi connectivity index (χ3n) is 2.04. The van der Waals surface area contributed by atoms with Gasteiger partial charge in [0.25, 0.3) is 0 Å². The highest BCUT2D eigenvalue weighted by Crippen LogP contribution is 2.26. The Balaban J connectivity index is 4.59. The van der Waals surface area contributed by atoms with Crippen molar-refractivity contribution >= 4 is 0 Å². The topological polar surface area (TPSA) is 29.3 Å². The van der Waals surface area contributed by atoms with Crippen LogP contribution in [0.1, 0.15) is 20.8 Å². The number of alkyl halides is 3. The van der Waals surface area contributed by atoms with Crippen molar-refractivity contribution in [2.24, 2.45) is 5.73 Å². The van der Waals surface area contributed by atoms with Crippen molar-refractivity contribution in [3.8, 4) is 0 Å². The number of likely N-dealkylation sites (N-methyl/N-ethyl adjacent to an activating group) is 1. The zero-order valence-electron chi connectivity index (χ0n) is 8.23. The molecule has 0 bridgehead atoms. The summed E-state index contributed by atoms with van der Waals surface area (Å²) in [4.78, 5) is 1.32. The van der Waals surface area contributed by atoms with E-state index in [0.717, 1.165) is 0 Å². The molecule has 0 amide bonds. The van der Waals surface area contributed by atoms with Crippen molar-refractivity contribution in [3.05, 3.63) is 0 Å². The highest BCUT2D eigenvalue weighted by atomic mass is 19.4. The van der Waals surface area contributed by atoms with E-state index in [0.29, 0.717) is 13.1 Å². The molecule has 0 aromatic rings. The first-order chi connectivity index (χ1) is 5.84. The molecule has 0 aliphatic rings. The fraction of sp³-hybridized carbons (Fsp3) is 1.00. The van der Waals surface area contributed by atoms with Gasteiger partial charge in [-0.3, -0.25) is 4.90 Å². The van der Waals surface area contributed by atoms with Crippen LogP contribution in [-0.4, -0.2) is 36.2 Å². The fourth-order valence-electron chi connectivity index (χ4n) is 1.45. The van der Waals surface area contributed by atoms with Gasteiger partial charge in [-0.1, -0.05) is 13.8 Å². The summed E-state index contributed by atoms with van der Waals surface area (Å²) >= 11 is 0. The van der Waals surface area contributed by atoms with Crippen molar-refractivity contribution in [2.45, 2.75) is 39.0 Å². The number of hydrogen-bond acceptors (Lipinski definition) is 2. The lowest BCUT2D eigenvalue weighted by Gasteiger charge is -2.33. The Kier molecular flexibility index (Phi) is 4.70. The van der Waals surface area contributed by atoms with Gasteiger partial charge >= 0.3 is 6.18 Å². The zero-order valence-corrected chi connectivity index (χ0v) is 8.23. The molecule has 5 heteroatoms. The number of nitrogens with zero attached hydrogens (tertiary/aromatic N) is 1. The van der Waals surface area contributed by atoms with E-state index in [1.165, 1.54) is 11.8 Å². The predicted molar refractivity (Wildman–Crippen MR) is 46.4 cm³/mol. The zero-order chi connectivity index (χ0) is 10.6. The molecule has 0 radical (unpaired) electrons. The van der Waals surface area contributed by atoms with Crippen molar-refractivity contribution in [1.29, 1.82) is 0 Å². The summed E-state index contributed by atoms with van der Waals surface area (Å²) in [6.45, 7) is 5.51. The lowest BCUT2D eigenvalue weighted by molar-refractivity contribution is -0.187. The molecule has 0 saturated heterocycles. The average Bonchev–Trinajstić information content (AvgIpc) is 1.96.